The van der Waals surface area contributed by atoms with Crippen molar-refractivity contribution in [3.8, 4) is 0 Å². The van der Waals surface area contributed by atoms with Gasteiger partial charge < -0.3 is 14.2 Å². The predicted octanol–water partition coefficient (Wildman–Crippen LogP) is 1.80. The molecule has 0 aromatic rings. The lowest BCUT2D eigenvalue weighted by molar-refractivity contribution is -0.138. The number of nitrogens with zero attached hydrogens (tertiary/aromatic N) is 1. The number of esters is 1. The van der Waals surface area contributed by atoms with Crippen molar-refractivity contribution < 1.29 is 23.8 Å². The zero-order chi connectivity index (χ0) is 18.0. The van der Waals surface area contributed by atoms with Gasteiger partial charge in [-0.15, -0.1) is 11.6 Å². The van der Waals surface area contributed by atoms with Gasteiger partial charge in [0, 0.05) is 19.2 Å². The topological polar surface area (TPSA) is 65.1 Å². The van der Waals surface area contributed by atoms with Gasteiger partial charge in [-0.25, -0.2) is 4.79 Å². The largest absolute Gasteiger partial charge is 0.470 e. The van der Waals surface area contributed by atoms with Crippen LogP contribution in [0.5, 0.6) is 0 Å². The third kappa shape index (κ3) is 3.66. The number of alkyl halides is 1. The van der Waals surface area contributed by atoms with Gasteiger partial charge in [0.05, 0.1) is 18.7 Å². The van der Waals surface area contributed by atoms with E-state index in [-0.39, 0.29) is 30.5 Å². The summed E-state index contributed by atoms with van der Waals surface area (Å²) in [6.45, 7) is 3.20. The first-order chi connectivity index (χ1) is 12.0. The zero-order valence-electron chi connectivity index (χ0n) is 14.4. The molecule has 3 rings (SSSR count). The molecule has 1 fully saturated rings. The molecular formula is C18H22ClNO5. The highest BCUT2D eigenvalue weighted by Gasteiger charge is 2.43. The van der Waals surface area contributed by atoms with Gasteiger partial charge in [0.1, 0.15) is 11.1 Å². The van der Waals surface area contributed by atoms with Crippen molar-refractivity contribution in [2.24, 2.45) is 5.92 Å². The maximum absolute atomic E-state index is 12.3. The number of carbonyl (C=O) groups is 2. The van der Waals surface area contributed by atoms with Gasteiger partial charge in [-0.3, -0.25) is 9.69 Å². The van der Waals surface area contributed by atoms with Gasteiger partial charge >= 0.3 is 5.97 Å². The number of rotatable bonds is 5. The van der Waals surface area contributed by atoms with Gasteiger partial charge in [-0.2, -0.15) is 0 Å². The first kappa shape index (κ1) is 18.2. The summed E-state index contributed by atoms with van der Waals surface area (Å²) in [6.07, 6.45) is 6.04. The summed E-state index contributed by atoms with van der Waals surface area (Å²) in [5.41, 5.74) is 1.38. The Hall–Kier alpha value is -1.63. The number of methoxy groups -OCH3 is 1. The number of ether oxygens (including phenoxy) is 3. The lowest BCUT2D eigenvalue weighted by Crippen LogP contribution is -2.43. The van der Waals surface area contributed by atoms with E-state index in [1.165, 1.54) is 13.2 Å². The Labute approximate surface area is 152 Å². The van der Waals surface area contributed by atoms with E-state index in [0.29, 0.717) is 24.5 Å². The second-order valence-electron chi connectivity index (χ2n) is 6.28. The Kier molecular flexibility index (Phi) is 5.61. The Balaban J connectivity index is 1.98. The minimum absolute atomic E-state index is 0.000489. The summed E-state index contributed by atoms with van der Waals surface area (Å²) >= 11 is 6.66. The number of allylic oxidation sites excluding steroid dienone is 1. The molecule has 0 amide bonds. The van der Waals surface area contributed by atoms with Crippen molar-refractivity contribution in [3.05, 3.63) is 35.1 Å². The van der Waals surface area contributed by atoms with Crippen molar-refractivity contribution in [3.63, 3.8) is 0 Å². The Morgan fingerprint density at radius 1 is 1.40 bits per heavy atom. The zero-order valence-corrected chi connectivity index (χ0v) is 15.1. The molecule has 0 radical (unpaired) electrons. The number of hydrogen-bond donors (Lipinski definition) is 0. The van der Waals surface area contributed by atoms with E-state index in [1.807, 2.05) is 6.08 Å². The Bertz CT molecular complexity index is 654. The third-order valence-corrected chi connectivity index (χ3v) is 5.13. The third-order valence-electron chi connectivity index (χ3n) is 4.67. The van der Waals surface area contributed by atoms with Crippen LogP contribution in [0.15, 0.2) is 35.1 Å². The number of ketones is 1. The van der Waals surface area contributed by atoms with Crippen LogP contribution in [-0.4, -0.2) is 61.7 Å². The van der Waals surface area contributed by atoms with Crippen LogP contribution in [-0.2, 0) is 23.8 Å². The second kappa shape index (κ2) is 7.72. The molecule has 1 aliphatic carbocycles. The minimum atomic E-state index is -0.634. The van der Waals surface area contributed by atoms with Crippen LogP contribution in [0.2, 0.25) is 0 Å². The highest BCUT2D eigenvalue weighted by Crippen LogP contribution is 2.41. The van der Waals surface area contributed by atoms with Crippen molar-refractivity contribution >= 4 is 23.4 Å². The summed E-state index contributed by atoms with van der Waals surface area (Å²) in [4.78, 5) is 26.6. The smallest absolute Gasteiger partial charge is 0.337 e. The molecule has 25 heavy (non-hydrogen) atoms. The maximum Gasteiger partial charge on any atom is 0.337 e. The fourth-order valence-corrected chi connectivity index (χ4v) is 4.00. The van der Waals surface area contributed by atoms with Crippen LogP contribution < -0.4 is 0 Å². The van der Waals surface area contributed by atoms with Crippen LogP contribution in [0.25, 0.3) is 0 Å². The fourth-order valence-electron chi connectivity index (χ4n) is 3.68. The molecule has 0 spiro atoms. The number of hydrogen-bond acceptors (Lipinski definition) is 6. The van der Waals surface area contributed by atoms with Gasteiger partial charge in [-0.1, -0.05) is 6.08 Å². The molecule has 0 saturated carbocycles. The number of carbonyl (C=O) groups excluding carboxylic acids is 2. The normalized spacial score (nSPS) is 29.0. The van der Waals surface area contributed by atoms with E-state index in [1.54, 1.807) is 13.0 Å². The highest BCUT2D eigenvalue weighted by atomic mass is 35.5. The van der Waals surface area contributed by atoms with Crippen LogP contribution in [0.4, 0.5) is 0 Å². The van der Waals surface area contributed by atoms with Crippen molar-refractivity contribution in [2.75, 3.05) is 33.6 Å². The molecule has 0 N–H and O–H groups in total. The van der Waals surface area contributed by atoms with Crippen LogP contribution in [0.3, 0.4) is 0 Å². The Morgan fingerprint density at radius 3 is 2.92 bits per heavy atom. The molecule has 0 bridgehead atoms. The minimum Gasteiger partial charge on any atom is -0.470 e. The average molecular weight is 368 g/mol. The molecule has 2 heterocycles. The highest BCUT2D eigenvalue weighted by molar-refractivity contribution is 6.24. The second-order valence-corrected chi connectivity index (χ2v) is 6.72. The van der Waals surface area contributed by atoms with E-state index in [0.717, 1.165) is 18.5 Å². The van der Waals surface area contributed by atoms with Crippen molar-refractivity contribution in [1.82, 2.24) is 4.90 Å². The number of halogens is 1. The van der Waals surface area contributed by atoms with Crippen LogP contribution in [0.1, 0.15) is 13.3 Å². The van der Waals surface area contributed by atoms with Gasteiger partial charge in [0.2, 0.25) is 0 Å². The fraction of sp³-hybridized carbons (Fsp3) is 0.556. The lowest BCUT2D eigenvalue weighted by atomic mass is 9.83. The molecule has 6 nitrogen and oxygen atoms in total. The molecule has 136 valence electrons. The Morgan fingerprint density at radius 2 is 2.20 bits per heavy atom. The summed E-state index contributed by atoms with van der Waals surface area (Å²) in [5.74, 6) is 0.0965. The molecule has 0 aromatic heterocycles. The van der Waals surface area contributed by atoms with Gasteiger partial charge in [0.25, 0.3) is 0 Å². The van der Waals surface area contributed by atoms with E-state index in [2.05, 4.69) is 4.90 Å². The van der Waals surface area contributed by atoms with Gasteiger partial charge in [0.15, 0.2) is 12.6 Å². The lowest BCUT2D eigenvalue weighted by Gasteiger charge is -2.35. The summed E-state index contributed by atoms with van der Waals surface area (Å²) in [5, 5.41) is -0.634. The first-order valence-corrected chi connectivity index (χ1v) is 8.83. The first-order valence-electron chi connectivity index (χ1n) is 8.39. The SMILES string of the molecule is CCOC(=O)C1=CC2CCN3CC(=O)C=C(OCOC)C(Cl)C(=C1)C23. The van der Waals surface area contributed by atoms with Crippen LogP contribution >= 0.6 is 11.6 Å². The van der Waals surface area contributed by atoms with Gasteiger partial charge in [-0.05, 0) is 37.5 Å². The standard InChI is InChI=1S/C18H22ClNO5/c1-3-24-18(22)12-6-11-4-5-20-9-13(21)8-15(25-10-23-2)16(19)14(7-12)17(11)20/h6-8,11,16-17H,3-5,9-10H2,1-2H3. The molecular weight excluding hydrogens is 346 g/mol. The van der Waals surface area contributed by atoms with E-state index in [9.17, 15) is 9.59 Å². The van der Waals surface area contributed by atoms with Crippen molar-refractivity contribution in [1.29, 1.82) is 0 Å². The predicted molar refractivity (Wildman–Crippen MR) is 92.0 cm³/mol. The molecule has 3 unspecified atom stereocenters. The van der Waals surface area contributed by atoms with E-state index < -0.39 is 5.38 Å². The van der Waals surface area contributed by atoms with E-state index in [4.69, 9.17) is 25.8 Å². The summed E-state index contributed by atoms with van der Waals surface area (Å²) in [6, 6.07) is -0.000489. The molecule has 2 aliphatic heterocycles. The molecule has 3 aliphatic rings. The maximum atomic E-state index is 12.3. The molecule has 3 atom stereocenters. The van der Waals surface area contributed by atoms with E-state index >= 15 is 0 Å². The molecule has 1 saturated heterocycles. The summed E-state index contributed by atoms with van der Waals surface area (Å²) in [7, 11) is 1.50. The monoisotopic (exact) mass is 367 g/mol. The summed E-state index contributed by atoms with van der Waals surface area (Å²) < 4.78 is 15.6. The van der Waals surface area contributed by atoms with Crippen molar-refractivity contribution in [2.45, 2.75) is 24.8 Å². The average Bonchev–Trinajstić information content (AvgIpc) is 2.99. The quantitative estimate of drug-likeness (QED) is 0.419. The van der Waals surface area contributed by atoms with Crippen LogP contribution in [0, 0.1) is 5.92 Å². The molecule has 7 heteroatoms. The molecule has 0 aromatic carbocycles.